The molecule has 0 spiro atoms. The van der Waals surface area contributed by atoms with E-state index in [1.165, 1.54) is 11.5 Å². The van der Waals surface area contributed by atoms with Gasteiger partial charge in [0.15, 0.2) is 5.78 Å². The summed E-state index contributed by atoms with van der Waals surface area (Å²) >= 11 is 1.41. The first-order valence-electron chi connectivity index (χ1n) is 12.1. The van der Waals surface area contributed by atoms with Crippen molar-refractivity contribution in [2.45, 2.75) is 65.0 Å². The highest BCUT2D eigenvalue weighted by molar-refractivity contribution is 7.05. The van der Waals surface area contributed by atoms with Crippen LogP contribution in [0.1, 0.15) is 55.7 Å². The minimum atomic E-state index is -0.795. The third-order valence-corrected chi connectivity index (χ3v) is 6.78. The Morgan fingerprint density at radius 3 is 2.71 bits per heavy atom. The fraction of sp³-hybridized carbons (Fsp3) is 0.500. The minimum absolute atomic E-state index is 0.0921. The third-order valence-electron chi connectivity index (χ3n) is 5.89. The number of benzene rings is 1. The monoisotopic (exact) mass is 499 g/mol. The molecule has 0 radical (unpaired) electrons. The van der Waals surface area contributed by atoms with Crippen molar-refractivity contribution in [3.8, 4) is 0 Å². The summed E-state index contributed by atoms with van der Waals surface area (Å²) in [4.78, 5) is 52.0. The molecule has 1 aliphatic heterocycles. The number of ketones is 2. The molecule has 0 aliphatic carbocycles. The average molecular weight is 500 g/mol. The van der Waals surface area contributed by atoms with Crippen LogP contribution in [0.2, 0.25) is 0 Å². The van der Waals surface area contributed by atoms with Gasteiger partial charge in [0.1, 0.15) is 6.61 Å². The Labute approximate surface area is 210 Å². The molecular formula is C26H33N3O5S. The maximum atomic E-state index is 13.2. The summed E-state index contributed by atoms with van der Waals surface area (Å²) in [7, 11) is 0. The molecule has 1 aromatic carbocycles. The van der Waals surface area contributed by atoms with E-state index in [1.807, 2.05) is 50.2 Å². The number of carbonyl (C=O) groups is 4. The van der Waals surface area contributed by atoms with Crippen LogP contribution in [-0.2, 0) is 38.6 Å². The zero-order valence-corrected chi connectivity index (χ0v) is 21.1. The molecule has 0 fully saturated rings. The Kier molecular flexibility index (Phi) is 9.96. The lowest BCUT2D eigenvalue weighted by atomic mass is 9.87. The zero-order valence-electron chi connectivity index (χ0n) is 20.2. The molecule has 188 valence electrons. The molecule has 0 saturated carbocycles. The number of alkyl carbamates (subject to hydrolysis) is 1. The summed E-state index contributed by atoms with van der Waals surface area (Å²) in [6.45, 7) is 4.34. The van der Waals surface area contributed by atoms with Gasteiger partial charge >= 0.3 is 6.09 Å². The molecule has 2 atom stereocenters. The molecule has 0 saturated heterocycles. The Bertz CT molecular complexity index is 1020. The number of amides is 2. The second-order valence-electron chi connectivity index (χ2n) is 9.30. The topological polar surface area (TPSA) is 114 Å². The molecule has 9 heteroatoms. The predicted octanol–water partition coefficient (Wildman–Crippen LogP) is 3.62. The number of aryl methyl sites for hydroxylation is 1. The van der Waals surface area contributed by atoms with E-state index in [1.54, 1.807) is 0 Å². The number of nitrogens with zero attached hydrogens (tertiary/aromatic N) is 1. The largest absolute Gasteiger partial charge is 0.445 e. The fourth-order valence-electron chi connectivity index (χ4n) is 4.05. The summed E-state index contributed by atoms with van der Waals surface area (Å²) < 4.78 is 9.72. The highest BCUT2D eigenvalue weighted by Crippen LogP contribution is 2.21. The van der Waals surface area contributed by atoms with Gasteiger partial charge in [0.25, 0.3) is 5.91 Å². The average Bonchev–Trinajstić information content (AvgIpc) is 3.28. The maximum Gasteiger partial charge on any atom is 0.408 e. The van der Waals surface area contributed by atoms with E-state index in [9.17, 15) is 19.2 Å². The van der Waals surface area contributed by atoms with Crippen LogP contribution in [0.5, 0.6) is 0 Å². The third kappa shape index (κ3) is 8.58. The zero-order chi connectivity index (χ0) is 25.2. The highest BCUT2D eigenvalue weighted by atomic mass is 32.1. The van der Waals surface area contributed by atoms with Crippen molar-refractivity contribution < 1.29 is 23.9 Å². The van der Waals surface area contributed by atoms with E-state index >= 15 is 0 Å². The number of carbonyl (C=O) groups excluding carboxylic acids is 4. The fourth-order valence-corrected chi connectivity index (χ4v) is 4.81. The van der Waals surface area contributed by atoms with E-state index < -0.39 is 29.7 Å². The Morgan fingerprint density at radius 1 is 1.20 bits per heavy atom. The molecule has 35 heavy (non-hydrogen) atoms. The lowest BCUT2D eigenvalue weighted by Gasteiger charge is -2.22. The molecule has 2 heterocycles. The molecule has 2 N–H and O–H groups in total. The van der Waals surface area contributed by atoms with E-state index in [2.05, 4.69) is 15.0 Å². The van der Waals surface area contributed by atoms with Crippen LogP contribution in [0.3, 0.4) is 0 Å². The number of Topliss-reactive ketones (excluding diaryl/α,β-unsaturated/α-hetero) is 2. The number of hydrogen-bond donors (Lipinski definition) is 2. The van der Waals surface area contributed by atoms with Gasteiger partial charge in [0.2, 0.25) is 5.78 Å². The first kappa shape index (κ1) is 26.5. The van der Waals surface area contributed by atoms with Gasteiger partial charge in [-0.25, -0.2) is 4.79 Å². The SMILES string of the molecule is CC(C)CC(NC(=O)OCc1ccccc1)C(=O)CC1CCCc2cc(sn2)CCNC(=O)C1=O. The van der Waals surface area contributed by atoms with Crippen LogP contribution in [-0.4, -0.2) is 40.5 Å². The van der Waals surface area contributed by atoms with Crippen molar-refractivity contribution in [3.05, 3.63) is 52.5 Å². The molecule has 2 bridgehead atoms. The van der Waals surface area contributed by atoms with Crippen molar-refractivity contribution in [2.75, 3.05) is 6.54 Å². The second kappa shape index (κ2) is 13.1. The number of fused-ring (bicyclic) bond motifs is 2. The number of aromatic nitrogens is 1. The quantitative estimate of drug-likeness (QED) is 0.536. The van der Waals surface area contributed by atoms with Gasteiger partial charge < -0.3 is 15.4 Å². The Balaban J connectivity index is 1.63. The predicted molar refractivity (Wildman–Crippen MR) is 133 cm³/mol. The molecule has 8 nitrogen and oxygen atoms in total. The van der Waals surface area contributed by atoms with Crippen molar-refractivity contribution in [3.63, 3.8) is 0 Å². The number of rotatable bonds is 8. The summed E-state index contributed by atoms with van der Waals surface area (Å²) in [5, 5.41) is 5.34. The molecule has 3 rings (SSSR count). The smallest absolute Gasteiger partial charge is 0.408 e. The minimum Gasteiger partial charge on any atom is -0.445 e. The summed E-state index contributed by atoms with van der Waals surface area (Å²) in [5.74, 6) is -2.12. The number of hydrogen-bond acceptors (Lipinski definition) is 7. The molecule has 2 aromatic rings. The van der Waals surface area contributed by atoms with E-state index in [-0.39, 0.29) is 24.7 Å². The highest BCUT2D eigenvalue weighted by Gasteiger charge is 2.31. The summed E-state index contributed by atoms with van der Waals surface area (Å²) in [6.07, 6.45) is 1.97. The molecule has 2 amide bonds. The Morgan fingerprint density at radius 2 is 1.97 bits per heavy atom. The van der Waals surface area contributed by atoms with Gasteiger partial charge in [-0.2, -0.15) is 4.37 Å². The molecular weight excluding hydrogens is 466 g/mol. The summed E-state index contributed by atoms with van der Waals surface area (Å²) in [5.41, 5.74) is 1.81. The standard InChI is InChI=1S/C26H33N3O5S/c1-17(2)13-22(28-26(33)34-16-18-7-4-3-5-8-18)23(30)14-19-9-6-10-20-15-21(35-29-20)11-12-27-25(32)24(19)31/h3-5,7-8,15,17,19,22H,6,9-14,16H2,1-2H3,(H,27,32)(H,28,33). The van der Waals surface area contributed by atoms with Gasteiger partial charge in [-0.3, -0.25) is 14.4 Å². The van der Waals surface area contributed by atoms with E-state index in [0.717, 1.165) is 16.1 Å². The van der Waals surface area contributed by atoms with Crippen molar-refractivity contribution in [2.24, 2.45) is 11.8 Å². The lowest BCUT2D eigenvalue weighted by molar-refractivity contribution is -0.141. The van der Waals surface area contributed by atoms with Crippen LogP contribution in [0.15, 0.2) is 36.4 Å². The molecule has 2 unspecified atom stereocenters. The Hall–Kier alpha value is -3.07. The summed E-state index contributed by atoms with van der Waals surface area (Å²) in [6, 6.07) is 10.5. The normalized spacial score (nSPS) is 17.6. The van der Waals surface area contributed by atoms with Crippen LogP contribution >= 0.6 is 11.5 Å². The van der Waals surface area contributed by atoms with Crippen molar-refractivity contribution >= 4 is 35.1 Å². The second-order valence-corrected chi connectivity index (χ2v) is 10.2. The maximum absolute atomic E-state index is 13.2. The first-order valence-corrected chi connectivity index (χ1v) is 12.9. The van der Waals surface area contributed by atoms with E-state index in [4.69, 9.17) is 4.74 Å². The van der Waals surface area contributed by atoms with E-state index in [0.29, 0.717) is 38.6 Å². The lowest BCUT2D eigenvalue weighted by Crippen LogP contribution is -2.44. The van der Waals surface area contributed by atoms with Crippen LogP contribution in [0, 0.1) is 11.8 Å². The van der Waals surface area contributed by atoms with Crippen LogP contribution in [0.25, 0.3) is 0 Å². The van der Waals surface area contributed by atoms with Gasteiger partial charge in [-0.1, -0.05) is 44.2 Å². The van der Waals surface area contributed by atoms with Crippen molar-refractivity contribution in [1.82, 2.24) is 15.0 Å². The number of ether oxygens (including phenoxy) is 1. The van der Waals surface area contributed by atoms with Gasteiger partial charge in [-0.15, -0.1) is 0 Å². The van der Waals surface area contributed by atoms with Crippen molar-refractivity contribution in [1.29, 1.82) is 0 Å². The molecule has 1 aromatic heterocycles. The van der Waals surface area contributed by atoms with Gasteiger partial charge in [-0.05, 0) is 54.8 Å². The number of nitrogens with one attached hydrogen (secondary N) is 2. The van der Waals surface area contributed by atoms with Crippen LogP contribution in [0.4, 0.5) is 4.79 Å². The van der Waals surface area contributed by atoms with Gasteiger partial charge in [0, 0.05) is 30.2 Å². The van der Waals surface area contributed by atoms with Crippen LogP contribution < -0.4 is 10.6 Å². The first-order chi connectivity index (χ1) is 16.8. The molecule has 1 aliphatic rings. The van der Waals surface area contributed by atoms with Gasteiger partial charge in [0.05, 0.1) is 11.7 Å².